The molecule has 3 rings (SSSR count). The number of fused-ring (bicyclic) bond motifs is 1. The zero-order chi connectivity index (χ0) is 21.2. The maximum atomic E-state index is 12.2. The highest BCUT2D eigenvalue weighted by molar-refractivity contribution is 5.89. The fourth-order valence-electron chi connectivity index (χ4n) is 3.44. The number of nitrogens with zero attached hydrogens (tertiary/aromatic N) is 2. The number of ether oxygens (including phenoxy) is 1. The van der Waals surface area contributed by atoms with Gasteiger partial charge in [0.05, 0.1) is 12.2 Å². The Labute approximate surface area is 178 Å². The molecular weight excluding hydrogens is 376 g/mol. The molecule has 5 heteroatoms. The maximum absolute atomic E-state index is 12.2. The molecule has 30 heavy (non-hydrogen) atoms. The van der Waals surface area contributed by atoms with Gasteiger partial charge in [-0.2, -0.15) is 0 Å². The van der Waals surface area contributed by atoms with Crippen LogP contribution in [0, 0.1) is 0 Å². The Balaban J connectivity index is 1.46. The van der Waals surface area contributed by atoms with Crippen LogP contribution in [0.1, 0.15) is 68.6 Å². The molecule has 0 aliphatic carbocycles. The fourth-order valence-corrected chi connectivity index (χ4v) is 3.44. The standard InChI is InChI=1S/C25H30N2O3/c1-2-3-4-5-6-7-8-9-14-30-25(29)22-17-26-24(27-18-22)21-11-10-20-16-23(28)13-12-19(20)15-21/h10-13,15-18,28H,2-9,14H2,1H3. The highest BCUT2D eigenvalue weighted by Crippen LogP contribution is 2.24. The summed E-state index contributed by atoms with van der Waals surface area (Å²) in [5.74, 6) is 0.407. The number of phenols is 1. The molecule has 1 heterocycles. The van der Waals surface area contributed by atoms with E-state index in [1.165, 1.54) is 50.9 Å². The summed E-state index contributed by atoms with van der Waals surface area (Å²) in [6, 6.07) is 11.0. The summed E-state index contributed by atoms with van der Waals surface area (Å²) in [5.41, 5.74) is 1.22. The minimum atomic E-state index is -0.376. The third kappa shape index (κ3) is 6.28. The predicted octanol–water partition coefficient (Wildman–Crippen LogP) is 6.30. The molecule has 1 aromatic heterocycles. The number of aromatic nitrogens is 2. The summed E-state index contributed by atoms with van der Waals surface area (Å²) < 4.78 is 5.35. The van der Waals surface area contributed by atoms with E-state index in [1.807, 2.05) is 24.3 Å². The van der Waals surface area contributed by atoms with E-state index in [1.54, 1.807) is 12.1 Å². The van der Waals surface area contributed by atoms with Gasteiger partial charge in [-0.25, -0.2) is 14.8 Å². The molecule has 0 aliphatic rings. The first-order chi connectivity index (χ1) is 14.7. The highest BCUT2D eigenvalue weighted by Gasteiger charge is 2.10. The molecule has 0 saturated heterocycles. The number of rotatable bonds is 11. The molecule has 0 atom stereocenters. The molecule has 2 aromatic carbocycles. The summed E-state index contributed by atoms with van der Waals surface area (Å²) in [6.45, 7) is 2.66. The van der Waals surface area contributed by atoms with E-state index in [0.717, 1.165) is 29.2 Å². The number of carbonyl (C=O) groups excluding carboxylic acids is 1. The molecule has 0 fully saturated rings. The minimum Gasteiger partial charge on any atom is -0.508 e. The first kappa shape index (κ1) is 21.8. The molecule has 0 radical (unpaired) electrons. The van der Waals surface area contributed by atoms with Crippen molar-refractivity contribution in [2.45, 2.75) is 58.3 Å². The van der Waals surface area contributed by atoms with Crippen molar-refractivity contribution in [2.24, 2.45) is 0 Å². The van der Waals surface area contributed by atoms with Gasteiger partial charge in [0, 0.05) is 18.0 Å². The van der Waals surface area contributed by atoms with E-state index in [-0.39, 0.29) is 11.7 Å². The van der Waals surface area contributed by atoms with Gasteiger partial charge in [0.15, 0.2) is 5.82 Å². The van der Waals surface area contributed by atoms with Gasteiger partial charge in [0.2, 0.25) is 0 Å². The van der Waals surface area contributed by atoms with Gasteiger partial charge in [0.25, 0.3) is 0 Å². The van der Waals surface area contributed by atoms with Crippen molar-refractivity contribution in [1.29, 1.82) is 0 Å². The van der Waals surface area contributed by atoms with Crippen molar-refractivity contribution in [3.8, 4) is 17.1 Å². The maximum Gasteiger partial charge on any atom is 0.341 e. The van der Waals surface area contributed by atoms with E-state index in [0.29, 0.717) is 18.0 Å². The lowest BCUT2D eigenvalue weighted by Gasteiger charge is -2.06. The Hall–Kier alpha value is -2.95. The number of aromatic hydroxyl groups is 1. The number of esters is 1. The number of hydrogen-bond acceptors (Lipinski definition) is 5. The van der Waals surface area contributed by atoms with Crippen molar-refractivity contribution in [1.82, 2.24) is 9.97 Å². The molecular formula is C25H30N2O3. The van der Waals surface area contributed by atoms with Crippen molar-refractivity contribution >= 4 is 16.7 Å². The van der Waals surface area contributed by atoms with Crippen LogP contribution in [0.5, 0.6) is 5.75 Å². The van der Waals surface area contributed by atoms with E-state index in [9.17, 15) is 9.90 Å². The van der Waals surface area contributed by atoms with Crippen LogP contribution in [-0.2, 0) is 4.74 Å². The Kier molecular flexibility index (Phi) is 8.19. The van der Waals surface area contributed by atoms with Gasteiger partial charge in [-0.05, 0) is 35.4 Å². The van der Waals surface area contributed by atoms with Crippen LogP contribution in [0.15, 0.2) is 48.8 Å². The smallest absolute Gasteiger partial charge is 0.341 e. The van der Waals surface area contributed by atoms with Crippen LogP contribution >= 0.6 is 0 Å². The van der Waals surface area contributed by atoms with Gasteiger partial charge in [-0.15, -0.1) is 0 Å². The van der Waals surface area contributed by atoms with Gasteiger partial charge < -0.3 is 9.84 Å². The average molecular weight is 407 g/mol. The van der Waals surface area contributed by atoms with Gasteiger partial charge in [-0.3, -0.25) is 0 Å². The van der Waals surface area contributed by atoms with Gasteiger partial charge in [-0.1, -0.05) is 70.1 Å². The second-order valence-electron chi connectivity index (χ2n) is 7.65. The third-order valence-corrected chi connectivity index (χ3v) is 5.20. The zero-order valence-corrected chi connectivity index (χ0v) is 17.6. The van der Waals surface area contributed by atoms with Gasteiger partial charge in [0.1, 0.15) is 5.75 Å². The molecule has 0 aliphatic heterocycles. The van der Waals surface area contributed by atoms with Crippen molar-refractivity contribution in [3.63, 3.8) is 0 Å². The summed E-state index contributed by atoms with van der Waals surface area (Å²) >= 11 is 0. The molecule has 5 nitrogen and oxygen atoms in total. The Morgan fingerprint density at radius 1 is 0.867 bits per heavy atom. The lowest BCUT2D eigenvalue weighted by Crippen LogP contribution is -2.07. The van der Waals surface area contributed by atoms with Crippen LogP contribution < -0.4 is 0 Å². The predicted molar refractivity (Wildman–Crippen MR) is 120 cm³/mol. The number of benzene rings is 2. The molecule has 158 valence electrons. The van der Waals surface area contributed by atoms with Gasteiger partial charge >= 0.3 is 5.97 Å². The molecule has 3 aromatic rings. The van der Waals surface area contributed by atoms with E-state index in [2.05, 4.69) is 16.9 Å². The quantitative estimate of drug-likeness (QED) is 0.299. The average Bonchev–Trinajstić information content (AvgIpc) is 2.77. The number of carbonyl (C=O) groups is 1. The Morgan fingerprint density at radius 2 is 1.50 bits per heavy atom. The molecule has 0 amide bonds. The third-order valence-electron chi connectivity index (χ3n) is 5.20. The molecule has 0 bridgehead atoms. The summed E-state index contributed by atoms with van der Waals surface area (Å²) in [5, 5.41) is 11.5. The normalized spacial score (nSPS) is 11.0. The molecule has 0 unspecified atom stereocenters. The number of hydrogen-bond donors (Lipinski definition) is 1. The zero-order valence-electron chi connectivity index (χ0n) is 17.6. The highest BCUT2D eigenvalue weighted by atomic mass is 16.5. The lowest BCUT2D eigenvalue weighted by molar-refractivity contribution is 0.0496. The minimum absolute atomic E-state index is 0.237. The molecule has 0 spiro atoms. The van der Waals surface area contributed by atoms with Crippen molar-refractivity contribution in [3.05, 3.63) is 54.4 Å². The molecule has 1 N–H and O–H groups in total. The summed E-state index contributed by atoms with van der Waals surface area (Å²) in [7, 11) is 0. The second-order valence-corrected chi connectivity index (χ2v) is 7.65. The van der Waals surface area contributed by atoms with E-state index >= 15 is 0 Å². The summed E-state index contributed by atoms with van der Waals surface area (Å²) in [4.78, 5) is 20.8. The Morgan fingerprint density at radius 3 is 2.23 bits per heavy atom. The van der Waals surface area contributed by atoms with Crippen LogP contribution in [0.3, 0.4) is 0 Å². The van der Waals surface area contributed by atoms with E-state index in [4.69, 9.17) is 4.74 Å². The SMILES string of the molecule is CCCCCCCCCCOC(=O)c1cnc(-c2ccc3cc(O)ccc3c2)nc1. The van der Waals surface area contributed by atoms with Crippen molar-refractivity contribution < 1.29 is 14.6 Å². The van der Waals surface area contributed by atoms with E-state index < -0.39 is 0 Å². The number of phenolic OH excluding ortho intramolecular Hbond substituents is 1. The number of unbranched alkanes of at least 4 members (excludes halogenated alkanes) is 7. The van der Waals surface area contributed by atoms with Crippen LogP contribution in [0.4, 0.5) is 0 Å². The van der Waals surface area contributed by atoms with Crippen molar-refractivity contribution in [2.75, 3.05) is 6.61 Å². The first-order valence-corrected chi connectivity index (χ1v) is 10.9. The monoisotopic (exact) mass is 406 g/mol. The largest absolute Gasteiger partial charge is 0.508 e. The first-order valence-electron chi connectivity index (χ1n) is 10.9. The second kappa shape index (κ2) is 11.3. The van der Waals surface area contributed by atoms with Crippen LogP contribution in [0.25, 0.3) is 22.2 Å². The topological polar surface area (TPSA) is 72.3 Å². The Bertz CT molecular complexity index is 954. The fraction of sp³-hybridized carbons (Fsp3) is 0.400. The van der Waals surface area contributed by atoms with Crippen LogP contribution in [0.2, 0.25) is 0 Å². The van der Waals surface area contributed by atoms with Crippen LogP contribution in [-0.4, -0.2) is 27.7 Å². The lowest BCUT2D eigenvalue weighted by atomic mass is 10.1. The summed E-state index contributed by atoms with van der Waals surface area (Å²) in [6.07, 6.45) is 12.7. The molecule has 0 saturated carbocycles.